The summed E-state index contributed by atoms with van der Waals surface area (Å²) < 4.78 is 4.79. The van der Waals surface area contributed by atoms with Gasteiger partial charge < -0.3 is 9.84 Å². The fourth-order valence-electron chi connectivity index (χ4n) is 0.505. The van der Waals surface area contributed by atoms with E-state index in [1.165, 1.54) is 13.2 Å². The van der Waals surface area contributed by atoms with E-state index in [4.69, 9.17) is 9.84 Å². The predicted molar refractivity (Wildman–Crippen MR) is 42.5 cm³/mol. The molecule has 0 aromatic heterocycles. The molecule has 0 saturated carbocycles. The Morgan fingerprint density at radius 3 is 2.50 bits per heavy atom. The van der Waals surface area contributed by atoms with Gasteiger partial charge in [-0.15, -0.1) is 0 Å². The zero-order valence-corrected chi connectivity index (χ0v) is 8.43. The van der Waals surface area contributed by atoms with E-state index < -0.39 is 6.10 Å². The van der Waals surface area contributed by atoms with Crippen molar-refractivity contribution in [2.75, 3.05) is 7.11 Å². The van der Waals surface area contributed by atoms with E-state index >= 15 is 0 Å². The number of allylic oxidation sites excluding steroid dienone is 1. The van der Waals surface area contributed by atoms with Crippen LogP contribution in [0, 0.1) is 0 Å². The van der Waals surface area contributed by atoms with Gasteiger partial charge in [-0.25, -0.2) is 0 Å². The maximum atomic E-state index is 10.8. The average molecular weight is 217 g/mol. The molecule has 0 radical (unpaired) electrons. The molecule has 0 amide bonds. The summed E-state index contributed by atoms with van der Waals surface area (Å²) in [5.41, 5.74) is 0. The quantitative estimate of drug-likeness (QED) is 0.440. The molecule has 0 heterocycles. The number of carbonyl (C=O) groups is 1. The summed E-state index contributed by atoms with van der Waals surface area (Å²) in [6.07, 6.45) is 1.21. The summed E-state index contributed by atoms with van der Waals surface area (Å²) >= 11 is 0. The van der Waals surface area contributed by atoms with Crippen molar-refractivity contribution in [3.8, 4) is 0 Å². The van der Waals surface area contributed by atoms with E-state index in [-0.39, 0.29) is 28.0 Å². The van der Waals surface area contributed by atoms with Crippen LogP contribution in [0.5, 0.6) is 0 Å². The van der Waals surface area contributed by atoms with Crippen LogP contribution in [0.2, 0.25) is 0 Å². The molecule has 0 saturated heterocycles. The summed E-state index contributed by atoms with van der Waals surface area (Å²) in [6, 6.07) is 0. The van der Waals surface area contributed by atoms with Crippen LogP contribution >= 0.6 is 0 Å². The second-order valence-corrected chi connectivity index (χ2v) is 2.27. The predicted octanol–water partition coefficient (Wildman–Crippen LogP) is 1.44. The minimum atomic E-state index is -0.398. The normalized spacial score (nSPS) is 13.4. The summed E-state index contributed by atoms with van der Waals surface area (Å²) in [7, 11) is 1.48. The Kier molecular flexibility index (Phi) is 8.66. The number of rotatable bonds is 4. The molecule has 0 aliphatic carbocycles. The molecule has 0 spiro atoms. The first-order chi connectivity index (χ1) is 5.11. The largest absolute Gasteiger partial charge is 0.509 e. The van der Waals surface area contributed by atoms with Crippen LogP contribution in [0.3, 0.4) is 0 Å². The third kappa shape index (κ3) is 5.33. The van der Waals surface area contributed by atoms with Crippen LogP contribution < -0.4 is 0 Å². The monoisotopic (exact) mass is 216 g/mol. The molecule has 1 atom stereocenters. The first-order valence-electron chi connectivity index (χ1n) is 3.58. The molecule has 0 aromatic carbocycles. The average Bonchev–Trinajstić information content (AvgIpc) is 2.02. The molecule has 12 heavy (non-hydrogen) atoms. The fraction of sp³-hybridized carbons (Fsp3) is 0.625. The van der Waals surface area contributed by atoms with Crippen molar-refractivity contribution in [1.29, 1.82) is 0 Å². The smallest absolute Gasteiger partial charge is 0.158 e. The minimum absolute atomic E-state index is 0. The third-order valence-electron chi connectivity index (χ3n) is 1.43. The van der Waals surface area contributed by atoms with Gasteiger partial charge in [-0.1, -0.05) is 6.92 Å². The van der Waals surface area contributed by atoms with E-state index in [9.17, 15) is 4.79 Å². The maximum absolute atomic E-state index is 10.8. The fourth-order valence-corrected chi connectivity index (χ4v) is 0.505. The first-order valence-corrected chi connectivity index (χ1v) is 3.58. The van der Waals surface area contributed by atoms with Gasteiger partial charge in [-0.2, -0.15) is 0 Å². The van der Waals surface area contributed by atoms with Gasteiger partial charge in [0.1, 0.15) is 11.9 Å². The van der Waals surface area contributed by atoms with Crippen molar-refractivity contribution in [3.05, 3.63) is 11.8 Å². The molecular weight excluding hydrogens is 203 g/mol. The summed E-state index contributed by atoms with van der Waals surface area (Å²) in [5.74, 6) is -0.106. The number of ketones is 1. The second-order valence-electron chi connectivity index (χ2n) is 2.27. The van der Waals surface area contributed by atoms with Gasteiger partial charge in [0, 0.05) is 36.1 Å². The molecular formula is C8H14NiO3. The first kappa shape index (κ1) is 14.2. The molecule has 4 heteroatoms. The molecule has 0 aliphatic heterocycles. The summed E-state index contributed by atoms with van der Waals surface area (Å²) in [5, 5.41) is 9.13. The van der Waals surface area contributed by atoms with E-state index in [1.54, 1.807) is 13.8 Å². The van der Waals surface area contributed by atoms with Crippen molar-refractivity contribution in [2.45, 2.75) is 26.4 Å². The SMILES string of the molecule is CCC(=O)/C=C(\O)C(C)OC.[Ni]. The van der Waals surface area contributed by atoms with Gasteiger partial charge in [0.2, 0.25) is 0 Å². The molecule has 3 nitrogen and oxygen atoms in total. The van der Waals surface area contributed by atoms with Crippen molar-refractivity contribution < 1.29 is 31.1 Å². The summed E-state index contributed by atoms with van der Waals surface area (Å²) in [4.78, 5) is 10.8. The van der Waals surface area contributed by atoms with Crippen LogP contribution in [0.4, 0.5) is 0 Å². The summed E-state index contributed by atoms with van der Waals surface area (Å²) in [6.45, 7) is 3.42. The number of ether oxygens (including phenoxy) is 1. The number of aliphatic hydroxyl groups excluding tert-OH is 1. The van der Waals surface area contributed by atoms with Gasteiger partial charge in [0.25, 0.3) is 0 Å². The van der Waals surface area contributed by atoms with Gasteiger partial charge in [0.15, 0.2) is 5.78 Å². The van der Waals surface area contributed by atoms with Gasteiger partial charge in [0.05, 0.1) is 0 Å². The van der Waals surface area contributed by atoms with E-state index in [0.717, 1.165) is 0 Å². The van der Waals surface area contributed by atoms with Crippen molar-refractivity contribution in [1.82, 2.24) is 0 Å². The van der Waals surface area contributed by atoms with Crippen LogP contribution in [0.15, 0.2) is 11.8 Å². The zero-order valence-electron chi connectivity index (χ0n) is 7.44. The van der Waals surface area contributed by atoms with Crippen LogP contribution in [-0.4, -0.2) is 24.1 Å². The Balaban J connectivity index is 0. The van der Waals surface area contributed by atoms with Crippen molar-refractivity contribution in [3.63, 3.8) is 0 Å². The number of hydrogen-bond acceptors (Lipinski definition) is 3. The number of hydrogen-bond donors (Lipinski definition) is 1. The number of methoxy groups -OCH3 is 1. The minimum Gasteiger partial charge on any atom is -0.509 e. The Morgan fingerprint density at radius 2 is 2.17 bits per heavy atom. The van der Waals surface area contributed by atoms with Crippen molar-refractivity contribution in [2.24, 2.45) is 0 Å². The second kappa shape index (κ2) is 7.32. The Hall–Kier alpha value is -0.336. The van der Waals surface area contributed by atoms with Gasteiger partial charge in [-0.3, -0.25) is 4.79 Å². The van der Waals surface area contributed by atoms with E-state index in [2.05, 4.69) is 0 Å². The van der Waals surface area contributed by atoms with Crippen molar-refractivity contribution >= 4 is 5.78 Å². The molecule has 1 N–H and O–H groups in total. The number of carbonyl (C=O) groups excluding carboxylic acids is 1. The molecule has 0 aromatic rings. The molecule has 74 valence electrons. The van der Waals surface area contributed by atoms with E-state index in [1.807, 2.05) is 0 Å². The van der Waals surface area contributed by atoms with Gasteiger partial charge in [-0.05, 0) is 6.92 Å². The van der Waals surface area contributed by atoms with Crippen LogP contribution in [0.25, 0.3) is 0 Å². The van der Waals surface area contributed by atoms with Crippen LogP contribution in [-0.2, 0) is 26.0 Å². The molecule has 1 unspecified atom stereocenters. The maximum Gasteiger partial charge on any atom is 0.158 e. The molecule has 0 fully saturated rings. The standard InChI is InChI=1S/C8H14O3.Ni/c1-4-7(9)5-8(10)6(2)11-3;/h5-6,10H,4H2,1-3H3;/b8-5-;. The van der Waals surface area contributed by atoms with Gasteiger partial charge >= 0.3 is 0 Å². The van der Waals surface area contributed by atoms with Crippen LogP contribution in [0.1, 0.15) is 20.3 Å². The van der Waals surface area contributed by atoms with E-state index in [0.29, 0.717) is 6.42 Å². The Morgan fingerprint density at radius 1 is 1.67 bits per heavy atom. The zero-order chi connectivity index (χ0) is 8.85. The third-order valence-corrected chi connectivity index (χ3v) is 1.43. The molecule has 0 bridgehead atoms. The molecule has 0 rings (SSSR count). The topological polar surface area (TPSA) is 46.5 Å². The number of aliphatic hydroxyl groups is 1. The Bertz CT molecular complexity index is 166. The molecule has 0 aliphatic rings. The Labute approximate surface area is 82.7 Å².